The third-order valence-electron chi connectivity index (χ3n) is 8.94. The van der Waals surface area contributed by atoms with Crippen LogP contribution in [0, 0.1) is 53.3 Å². The molecule has 8 unspecified atom stereocenters. The molecule has 0 aliphatic heterocycles. The molecule has 1 aromatic rings. The Balaban J connectivity index is 1.45. The highest BCUT2D eigenvalue weighted by molar-refractivity contribution is 5.49. The lowest BCUT2D eigenvalue weighted by Crippen LogP contribution is -2.05. The molecule has 0 aromatic heterocycles. The van der Waals surface area contributed by atoms with Gasteiger partial charge in [-0.1, -0.05) is 91.1 Å². The van der Waals surface area contributed by atoms with Gasteiger partial charge in [0, 0.05) is 0 Å². The van der Waals surface area contributed by atoms with Gasteiger partial charge in [0.05, 0.1) is 0 Å². The molecule has 0 nitrogen and oxygen atoms in total. The summed E-state index contributed by atoms with van der Waals surface area (Å²) in [7, 11) is 0. The maximum atomic E-state index is 4.12. The van der Waals surface area contributed by atoms with Crippen LogP contribution in [0.3, 0.4) is 0 Å². The number of hydrogen-bond donors (Lipinski definition) is 0. The summed E-state index contributed by atoms with van der Waals surface area (Å²) in [6.07, 6.45) is 30.9. The zero-order valence-corrected chi connectivity index (χ0v) is 21.4. The van der Waals surface area contributed by atoms with Crippen LogP contribution in [0.15, 0.2) is 111 Å². The third kappa shape index (κ3) is 6.54. The van der Waals surface area contributed by atoms with Crippen LogP contribution < -0.4 is 0 Å². The fourth-order valence-electron chi connectivity index (χ4n) is 6.82. The Bertz CT molecular complexity index is 928. The van der Waals surface area contributed by atoms with E-state index in [-0.39, 0.29) is 0 Å². The van der Waals surface area contributed by atoms with Crippen molar-refractivity contribution in [3.63, 3.8) is 0 Å². The summed E-state index contributed by atoms with van der Waals surface area (Å²) in [4.78, 5) is 0. The Morgan fingerprint density at radius 2 is 0.886 bits per heavy atom. The zero-order valence-electron chi connectivity index (χ0n) is 21.4. The van der Waals surface area contributed by atoms with Crippen LogP contribution in [0.4, 0.5) is 0 Å². The summed E-state index contributed by atoms with van der Waals surface area (Å²) in [6.45, 7) is 16.3. The number of rotatable bonds is 10. The van der Waals surface area contributed by atoms with E-state index in [0.29, 0.717) is 53.3 Å². The van der Waals surface area contributed by atoms with Gasteiger partial charge in [0.1, 0.15) is 0 Å². The maximum Gasteiger partial charge on any atom is -0.0161 e. The van der Waals surface area contributed by atoms with Crippen molar-refractivity contribution in [2.75, 3.05) is 0 Å². The van der Waals surface area contributed by atoms with E-state index in [9.17, 15) is 0 Å². The van der Waals surface area contributed by atoms with E-state index < -0.39 is 0 Å². The molecular weight excluding hydrogens is 420 g/mol. The van der Waals surface area contributed by atoms with E-state index in [2.05, 4.69) is 117 Å². The standard InChI is InChI=1S/C35H44/c1-5-26-20-32(8-4)33(21-26)18-19-35-25-29(15-14-28-22-30(6-2)31(7-3)23-28)24-34(35)17-16-27-12-10-9-11-13-27/h5-19,26,28-35H,1-4,20-25H2/b15-14+,17-16+,19-18+. The highest BCUT2D eigenvalue weighted by Crippen LogP contribution is 2.44. The lowest BCUT2D eigenvalue weighted by atomic mass is 9.90. The van der Waals surface area contributed by atoms with Crippen molar-refractivity contribution in [2.45, 2.75) is 38.5 Å². The molecule has 0 heterocycles. The molecular formula is C35H44. The van der Waals surface area contributed by atoms with Crippen LogP contribution in [0.5, 0.6) is 0 Å². The molecule has 3 saturated carbocycles. The zero-order chi connectivity index (χ0) is 24.6. The minimum Gasteiger partial charge on any atom is -0.103 e. The summed E-state index contributed by atoms with van der Waals surface area (Å²) in [5.41, 5.74) is 1.29. The lowest BCUT2D eigenvalue weighted by Gasteiger charge is -2.15. The summed E-state index contributed by atoms with van der Waals surface area (Å²) in [6, 6.07) is 10.7. The second-order valence-corrected chi connectivity index (χ2v) is 11.2. The summed E-state index contributed by atoms with van der Waals surface area (Å²) < 4.78 is 0. The van der Waals surface area contributed by atoms with Crippen LogP contribution >= 0.6 is 0 Å². The molecule has 0 spiro atoms. The van der Waals surface area contributed by atoms with Crippen molar-refractivity contribution < 1.29 is 0 Å². The van der Waals surface area contributed by atoms with Crippen molar-refractivity contribution in [1.82, 2.24) is 0 Å². The molecule has 184 valence electrons. The molecule has 35 heavy (non-hydrogen) atoms. The first-order chi connectivity index (χ1) is 17.1. The highest BCUT2D eigenvalue weighted by Gasteiger charge is 2.33. The van der Waals surface area contributed by atoms with Gasteiger partial charge < -0.3 is 0 Å². The summed E-state index contributed by atoms with van der Waals surface area (Å²) >= 11 is 0. The SMILES string of the molecule is C=CC1CC(C=C)C(/C=C/C2CC(/C=C/C3CC(C=C)C(C=C)C3)CC2/C=C/c2ccccc2)C1. The smallest absolute Gasteiger partial charge is 0.0161 e. The van der Waals surface area contributed by atoms with Gasteiger partial charge >= 0.3 is 0 Å². The monoisotopic (exact) mass is 464 g/mol. The molecule has 0 heteroatoms. The molecule has 0 radical (unpaired) electrons. The van der Waals surface area contributed by atoms with Gasteiger partial charge in [0.25, 0.3) is 0 Å². The normalized spacial score (nSPS) is 37.4. The van der Waals surface area contributed by atoms with E-state index >= 15 is 0 Å². The van der Waals surface area contributed by atoms with Gasteiger partial charge in [-0.05, 0) is 97.3 Å². The van der Waals surface area contributed by atoms with Crippen molar-refractivity contribution in [3.05, 3.63) is 117 Å². The molecule has 3 aliphatic carbocycles. The molecule has 0 N–H and O–H groups in total. The van der Waals surface area contributed by atoms with E-state index in [4.69, 9.17) is 0 Å². The fourth-order valence-corrected chi connectivity index (χ4v) is 6.82. The molecule has 1 aromatic carbocycles. The van der Waals surface area contributed by atoms with Crippen molar-refractivity contribution in [2.24, 2.45) is 53.3 Å². The first kappa shape index (κ1) is 25.5. The molecule has 8 atom stereocenters. The Labute approximate surface area is 214 Å². The van der Waals surface area contributed by atoms with Crippen LogP contribution in [-0.4, -0.2) is 0 Å². The maximum absolute atomic E-state index is 4.12. The van der Waals surface area contributed by atoms with E-state index in [1.54, 1.807) is 0 Å². The predicted octanol–water partition coefficient (Wildman–Crippen LogP) is 9.48. The Morgan fingerprint density at radius 1 is 0.457 bits per heavy atom. The number of allylic oxidation sites excluding steroid dienone is 9. The second kappa shape index (κ2) is 12.4. The Morgan fingerprint density at radius 3 is 1.43 bits per heavy atom. The van der Waals surface area contributed by atoms with Gasteiger partial charge in [0.15, 0.2) is 0 Å². The summed E-state index contributed by atoms with van der Waals surface area (Å²) in [5.74, 6) is 5.51. The average Bonchev–Trinajstić information content (AvgIpc) is 3.61. The largest absolute Gasteiger partial charge is 0.103 e. The van der Waals surface area contributed by atoms with Crippen molar-refractivity contribution >= 4 is 6.08 Å². The molecule has 0 saturated heterocycles. The van der Waals surface area contributed by atoms with Crippen LogP contribution in [0.2, 0.25) is 0 Å². The Kier molecular flexibility index (Phi) is 9.02. The third-order valence-corrected chi connectivity index (χ3v) is 8.94. The number of benzene rings is 1. The van der Waals surface area contributed by atoms with Gasteiger partial charge in [-0.25, -0.2) is 0 Å². The van der Waals surface area contributed by atoms with Crippen LogP contribution in [-0.2, 0) is 0 Å². The predicted molar refractivity (Wildman–Crippen MR) is 154 cm³/mol. The average molecular weight is 465 g/mol. The Hall–Kier alpha value is -2.60. The minimum atomic E-state index is 0.586. The van der Waals surface area contributed by atoms with Gasteiger partial charge in [-0.2, -0.15) is 0 Å². The lowest BCUT2D eigenvalue weighted by molar-refractivity contribution is 0.529. The summed E-state index contributed by atoms with van der Waals surface area (Å²) in [5, 5.41) is 0. The quantitative estimate of drug-likeness (QED) is 0.302. The van der Waals surface area contributed by atoms with Gasteiger partial charge in [0.2, 0.25) is 0 Å². The van der Waals surface area contributed by atoms with E-state index in [1.165, 1.54) is 44.1 Å². The molecule has 4 rings (SSSR count). The first-order valence-corrected chi connectivity index (χ1v) is 13.7. The second-order valence-electron chi connectivity index (χ2n) is 11.2. The topological polar surface area (TPSA) is 0 Å². The van der Waals surface area contributed by atoms with E-state index in [1.807, 2.05) is 0 Å². The molecule has 3 aliphatic rings. The molecule has 0 amide bonds. The fraction of sp³-hybridized carbons (Fsp3) is 0.429. The van der Waals surface area contributed by atoms with Crippen LogP contribution in [0.1, 0.15) is 44.1 Å². The van der Waals surface area contributed by atoms with Gasteiger partial charge in [-0.15, -0.1) is 26.3 Å². The first-order valence-electron chi connectivity index (χ1n) is 13.7. The number of hydrogen-bond acceptors (Lipinski definition) is 0. The minimum absolute atomic E-state index is 0.586. The van der Waals surface area contributed by atoms with Gasteiger partial charge in [-0.3, -0.25) is 0 Å². The highest BCUT2D eigenvalue weighted by atomic mass is 14.4. The van der Waals surface area contributed by atoms with Crippen LogP contribution in [0.25, 0.3) is 6.08 Å². The molecule has 3 fully saturated rings. The molecule has 0 bridgehead atoms. The van der Waals surface area contributed by atoms with E-state index in [0.717, 1.165) is 0 Å². The van der Waals surface area contributed by atoms with Crippen molar-refractivity contribution in [3.8, 4) is 0 Å². The van der Waals surface area contributed by atoms with Crippen molar-refractivity contribution in [1.29, 1.82) is 0 Å².